The Hall–Kier alpha value is -1.55. The molecule has 0 saturated carbocycles. The van der Waals surface area contributed by atoms with Gasteiger partial charge in [0.1, 0.15) is 5.82 Å². The van der Waals surface area contributed by atoms with E-state index in [2.05, 4.69) is 20.9 Å². The van der Waals surface area contributed by atoms with E-state index in [-0.39, 0.29) is 18.0 Å². The lowest BCUT2D eigenvalue weighted by molar-refractivity contribution is 0.0992. The highest BCUT2D eigenvalue weighted by Crippen LogP contribution is 2.19. The van der Waals surface area contributed by atoms with Gasteiger partial charge in [-0.25, -0.2) is 4.39 Å². The Balaban J connectivity index is 2.21. The number of carbonyl (C=O) groups is 1. The van der Waals surface area contributed by atoms with E-state index in [1.807, 2.05) is 0 Å². The van der Waals surface area contributed by atoms with Crippen LogP contribution in [-0.2, 0) is 6.42 Å². The number of benzene rings is 1. The van der Waals surface area contributed by atoms with Gasteiger partial charge in [-0.2, -0.15) is 0 Å². The average Bonchev–Trinajstić information content (AvgIpc) is 2.30. The van der Waals surface area contributed by atoms with Crippen LogP contribution in [0, 0.1) is 5.82 Å². The third kappa shape index (κ3) is 2.97. The molecule has 0 aliphatic heterocycles. The summed E-state index contributed by atoms with van der Waals surface area (Å²) in [6, 6.07) is 7.64. The minimum atomic E-state index is -0.364. The van der Waals surface area contributed by atoms with Crippen LogP contribution in [0.5, 0.6) is 0 Å². The molecule has 2 nitrogen and oxygen atoms in total. The van der Waals surface area contributed by atoms with Gasteiger partial charge in [-0.15, -0.1) is 0 Å². The summed E-state index contributed by atoms with van der Waals surface area (Å²) in [5.74, 6) is -0.416. The largest absolute Gasteiger partial charge is 0.294 e. The monoisotopic (exact) mass is 293 g/mol. The number of hydrogen-bond donors (Lipinski definition) is 0. The van der Waals surface area contributed by atoms with Gasteiger partial charge in [-0.3, -0.25) is 9.78 Å². The molecular formula is C13H9BrFNO. The molecule has 0 aliphatic rings. The van der Waals surface area contributed by atoms with Crippen LogP contribution in [0.3, 0.4) is 0 Å². The molecule has 0 unspecified atom stereocenters. The maximum Gasteiger partial charge on any atom is 0.168 e. The van der Waals surface area contributed by atoms with Crippen molar-refractivity contribution in [2.24, 2.45) is 0 Å². The first-order valence-electron chi connectivity index (χ1n) is 5.04. The number of nitrogens with zero attached hydrogens (tertiary/aromatic N) is 1. The molecule has 2 rings (SSSR count). The SMILES string of the molecule is O=C(Cc1ccncc1)c1ccc(F)cc1Br. The van der Waals surface area contributed by atoms with Gasteiger partial charge in [0.25, 0.3) is 0 Å². The zero-order valence-electron chi connectivity index (χ0n) is 8.86. The van der Waals surface area contributed by atoms with Crippen molar-refractivity contribution in [1.82, 2.24) is 4.98 Å². The molecule has 86 valence electrons. The average molecular weight is 294 g/mol. The van der Waals surface area contributed by atoms with Crippen molar-refractivity contribution < 1.29 is 9.18 Å². The van der Waals surface area contributed by atoms with Crippen LogP contribution < -0.4 is 0 Å². The quantitative estimate of drug-likeness (QED) is 0.812. The highest BCUT2D eigenvalue weighted by atomic mass is 79.9. The van der Waals surface area contributed by atoms with Crippen molar-refractivity contribution >= 4 is 21.7 Å². The molecule has 0 fully saturated rings. The van der Waals surface area contributed by atoms with E-state index in [4.69, 9.17) is 0 Å². The summed E-state index contributed by atoms with van der Waals surface area (Å²) in [6.07, 6.45) is 3.57. The predicted octanol–water partition coefficient (Wildman–Crippen LogP) is 3.41. The van der Waals surface area contributed by atoms with Crippen LogP contribution >= 0.6 is 15.9 Å². The van der Waals surface area contributed by atoms with E-state index in [1.54, 1.807) is 24.5 Å². The van der Waals surface area contributed by atoms with Gasteiger partial charge in [-0.05, 0) is 51.8 Å². The number of halogens is 2. The standard InChI is InChI=1S/C13H9BrFNO/c14-12-8-10(15)1-2-11(12)13(17)7-9-3-5-16-6-4-9/h1-6,8H,7H2. The molecule has 2 aromatic rings. The third-order valence-corrected chi connectivity index (χ3v) is 3.00. The van der Waals surface area contributed by atoms with Gasteiger partial charge in [0.05, 0.1) is 0 Å². The van der Waals surface area contributed by atoms with Crippen LogP contribution in [0.4, 0.5) is 4.39 Å². The van der Waals surface area contributed by atoms with E-state index >= 15 is 0 Å². The number of ketones is 1. The number of hydrogen-bond acceptors (Lipinski definition) is 2. The van der Waals surface area contributed by atoms with Gasteiger partial charge in [0.2, 0.25) is 0 Å². The van der Waals surface area contributed by atoms with Crippen LogP contribution in [0.25, 0.3) is 0 Å². The van der Waals surface area contributed by atoms with E-state index in [0.717, 1.165) is 5.56 Å². The molecule has 0 radical (unpaired) electrons. The van der Waals surface area contributed by atoms with Gasteiger partial charge in [-0.1, -0.05) is 0 Å². The van der Waals surface area contributed by atoms with Crippen LogP contribution in [-0.4, -0.2) is 10.8 Å². The first-order valence-corrected chi connectivity index (χ1v) is 5.83. The van der Waals surface area contributed by atoms with E-state index in [9.17, 15) is 9.18 Å². The van der Waals surface area contributed by atoms with Crippen molar-refractivity contribution in [1.29, 1.82) is 0 Å². The normalized spacial score (nSPS) is 10.2. The fourth-order valence-corrected chi connectivity index (χ4v) is 2.07. The van der Waals surface area contributed by atoms with Gasteiger partial charge < -0.3 is 0 Å². The maximum atomic E-state index is 12.9. The molecule has 4 heteroatoms. The lowest BCUT2D eigenvalue weighted by atomic mass is 10.0. The number of Topliss-reactive ketones (excluding diaryl/α,β-unsaturated/α-hetero) is 1. The first-order chi connectivity index (χ1) is 8.16. The predicted molar refractivity (Wildman–Crippen MR) is 66.4 cm³/mol. The lowest BCUT2D eigenvalue weighted by Crippen LogP contribution is -2.04. The summed E-state index contributed by atoms with van der Waals surface area (Å²) in [5.41, 5.74) is 1.38. The molecule has 0 spiro atoms. The second-order valence-electron chi connectivity index (χ2n) is 3.58. The van der Waals surface area contributed by atoms with Gasteiger partial charge in [0.15, 0.2) is 5.78 Å². The first kappa shape index (κ1) is 11.9. The number of pyridine rings is 1. The minimum Gasteiger partial charge on any atom is -0.294 e. The van der Waals surface area contributed by atoms with Crippen molar-refractivity contribution in [2.45, 2.75) is 6.42 Å². The van der Waals surface area contributed by atoms with E-state index in [1.165, 1.54) is 18.2 Å². The fraction of sp³-hybridized carbons (Fsp3) is 0.0769. The molecule has 1 heterocycles. The van der Waals surface area contributed by atoms with E-state index in [0.29, 0.717) is 10.0 Å². The Bertz CT molecular complexity index is 542. The molecule has 0 amide bonds. The van der Waals surface area contributed by atoms with E-state index < -0.39 is 0 Å². The highest BCUT2D eigenvalue weighted by molar-refractivity contribution is 9.10. The Kier molecular flexibility index (Phi) is 3.64. The minimum absolute atomic E-state index is 0.0527. The molecule has 0 saturated heterocycles. The molecule has 0 aliphatic carbocycles. The zero-order chi connectivity index (χ0) is 12.3. The summed E-state index contributed by atoms with van der Waals surface area (Å²) in [7, 11) is 0. The Morgan fingerprint density at radius 1 is 1.24 bits per heavy atom. The second-order valence-corrected chi connectivity index (χ2v) is 4.43. The van der Waals surface area contributed by atoms with Crippen molar-refractivity contribution in [3.05, 3.63) is 64.1 Å². The highest BCUT2D eigenvalue weighted by Gasteiger charge is 2.11. The lowest BCUT2D eigenvalue weighted by Gasteiger charge is -2.03. The van der Waals surface area contributed by atoms with Crippen LogP contribution in [0.15, 0.2) is 47.2 Å². The van der Waals surface area contributed by atoms with Gasteiger partial charge >= 0.3 is 0 Å². The Morgan fingerprint density at radius 2 is 1.94 bits per heavy atom. The number of aromatic nitrogens is 1. The van der Waals surface area contributed by atoms with Crippen molar-refractivity contribution in [2.75, 3.05) is 0 Å². The summed E-state index contributed by atoms with van der Waals surface area (Å²) >= 11 is 3.19. The molecule has 0 bridgehead atoms. The Labute approximate surface area is 107 Å². The zero-order valence-corrected chi connectivity index (χ0v) is 10.4. The van der Waals surface area contributed by atoms with Crippen molar-refractivity contribution in [3.8, 4) is 0 Å². The van der Waals surface area contributed by atoms with Crippen molar-refractivity contribution in [3.63, 3.8) is 0 Å². The topological polar surface area (TPSA) is 30.0 Å². The molecule has 0 atom stereocenters. The van der Waals surface area contributed by atoms with Crippen LogP contribution in [0.2, 0.25) is 0 Å². The summed E-state index contributed by atoms with van der Waals surface area (Å²) in [5, 5.41) is 0. The molecule has 17 heavy (non-hydrogen) atoms. The van der Waals surface area contributed by atoms with Gasteiger partial charge in [0, 0.05) is 28.9 Å². The fourth-order valence-electron chi connectivity index (χ4n) is 1.50. The van der Waals surface area contributed by atoms with Crippen LogP contribution in [0.1, 0.15) is 15.9 Å². The number of carbonyl (C=O) groups excluding carboxylic acids is 1. The smallest absolute Gasteiger partial charge is 0.168 e. The molecule has 0 N–H and O–H groups in total. The summed E-state index contributed by atoms with van der Waals surface area (Å²) < 4.78 is 13.4. The third-order valence-electron chi connectivity index (χ3n) is 2.35. The number of rotatable bonds is 3. The summed E-state index contributed by atoms with van der Waals surface area (Å²) in [6.45, 7) is 0. The second kappa shape index (κ2) is 5.19. The molecular weight excluding hydrogens is 285 g/mol. The molecule has 1 aromatic carbocycles. The summed E-state index contributed by atoms with van der Waals surface area (Å²) in [4.78, 5) is 15.9. The molecule has 1 aromatic heterocycles. The maximum absolute atomic E-state index is 12.9. The Morgan fingerprint density at radius 3 is 2.59 bits per heavy atom.